The molecule has 0 amide bonds. The highest BCUT2D eigenvalue weighted by molar-refractivity contribution is 6.05. The van der Waals surface area contributed by atoms with E-state index < -0.39 is 0 Å². The highest BCUT2D eigenvalue weighted by Gasteiger charge is 2.02. The second kappa shape index (κ2) is 1.71. The average Bonchev–Trinajstić information content (AvgIpc) is 2.14. The third kappa shape index (κ3) is 0.756. The number of aliphatic imine (C=N–C) groups is 1. The van der Waals surface area contributed by atoms with Gasteiger partial charge in [-0.1, -0.05) is 0 Å². The first-order valence-electron chi connectivity index (χ1n) is 1.87. The van der Waals surface area contributed by atoms with Crippen molar-refractivity contribution >= 4 is 5.71 Å². The smallest absolute Gasteiger partial charge is 0.138 e. The van der Waals surface area contributed by atoms with Gasteiger partial charge in [-0.3, -0.25) is 10.3 Å². The molecule has 0 bridgehead atoms. The second-order valence-corrected chi connectivity index (χ2v) is 1.08. The fourth-order valence-corrected chi connectivity index (χ4v) is 0.345. The predicted octanol–water partition coefficient (Wildman–Crippen LogP) is -0.450. The van der Waals surface area contributed by atoms with Crippen LogP contribution in [0.15, 0.2) is 4.99 Å². The largest absolute Gasteiger partial charge is 0.283 e. The Balaban J connectivity index is 2.57. The summed E-state index contributed by atoms with van der Waals surface area (Å²) in [5.41, 5.74) is 0.361. The van der Waals surface area contributed by atoms with Gasteiger partial charge in [-0.15, -0.1) is 0 Å². The Kier molecular flexibility index (Phi) is 1.05. The van der Waals surface area contributed by atoms with Gasteiger partial charge in [-0.2, -0.15) is 5.26 Å². The van der Waals surface area contributed by atoms with E-state index in [1.807, 2.05) is 6.07 Å². The molecule has 0 aromatic rings. The lowest BCUT2D eigenvalue weighted by atomic mass is 10.4. The van der Waals surface area contributed by atoms with Crippen LogP contribution in [0.2, 0.25) is 0 Å². The molecule has 1 aliphatic rings. The van der Waals surface area contributed by atoms with Crippen LogP contribution in [-0.4, -0.2) is 12.4 Å². The van der Waals surface area contributed by atoms with Crippen LogP contribution in [0.5, 0.6) is 0 Å². The van der Waals surface area contributed by atoms with Crippen LogP contribution in [0.3, 0.4) is 0 Å². The molecule has 0 spiro atoms. The number of hydrogen-bond donors (Lipinski definition) is 1. The first-order valence-corrected chi connectivity index (χ1v) is 1.87. The third-order valence-electron chi connectivity index (χ3n) is 0.629. The molecule has 0 saturated carbocycles. The second-order valence-electron chi connectivity index (χ2n) is 1.08. The zero-order valence-corrected chi connectivity index (χ0v) is 3.60. The van der Waals surface area contributed by atoms with Crippen LogP contribution >= 0.6 is 0 Å². The van der Waals surface area contributed by atoms with E-state index in [0.717, 1.165) is 0 Å². The van der Waals surface area contributed by atoms with Crippen molar-refractivity contribution in [3.8, 4) is 6.07 Å². The van der Waals surface area contributed by atoms with E-state index in [2.05, 4.69) is 16.9 Å². The van der Waals surface area contributed by atoms with Crippen molar-refractivity contribution in [3.05, 3.63) is 6.54 Å². The van der Waals surface area contributed by atoms with Crippen LogP contribution in [0, 0.1) is 17.9 Å². The van der Waals surface area contributed by atoms with Crippen molar-refractivity contribution in [3.63, 3.8) is 0 Å². The van der Waals surface area contributed by atoms with Crippen molar-refractivity contribution in [1.29, 1.82) is 5.26 Å². The topological polar surface area (TPSA) is 48.2 Å². The maximum absolute atomic E-state index is 8.08. The molecule has 1 aliphatic heterocycles. The molecule has 0 aromatic carbocycles. The molecular weight excluding hydrogens is 90.1 g/mol. The Morgan fingerprint density at radius 2 is 2.86 bits per heavy atom. The molecule has 1 rings (SSSR count). The quantitative estimate of drug-likeness (QED) is 0.441. The van der Waals surface area contributed by atoms with Crippen molar-refractivity contribution < 1.29 is 0 Å². The normalized spacial score (nSPS) is 18.4. The van der Waals surface area contributed by atoms with Crippen LogP contribution in [0.1, 0.15) is 0 Å². The van der Waals surface area contributed by atoms with Gasteiger partial charge in [0.15, 0.2) is 0 Å². The summed E-state index contributed by atoms with van der Waals surface area (Å²) in [4.78, 5) is 3.69. The fourth-order valence-electron chi connectivity index (χ4n) is 0.345. The lowest BCUT2D eigenvalue weighted by Gasteiger charge is -1.75. The molecule has 0 saturated heterocycles. The van der Waals surface area contributed by atoms with E-state index in [0.29, 0.717) is 12.4 Å². The number of nitrogens with one attached hydrogen (secondary N) is 1. The van der Waals surface area contributed by atoms with Gasteiger partial charge in [-0.05, 0) is 0 Å². The molecule has 7 heavy (non-hydrogen) atoms. The summed E-state index contributed by atoms with van der Waals surface area (Å²) in [5, 5.41) is 10.7. The SMILES string of the molecule is N#CC1=NCN[C]1. The Bertz CT molecular complexity index is 130. The first kappa shape index (κ1) is 4.28. The zero-order chi connectivity index (χ0) is 5.11. The Morgan fingerprint density at radius 3 is 3.14 bits per heavy atom. The zero-order valence-electron chi connectivity index (χ0n) is 3.60. The number of rotatable bonds is 0. The predicted molar refractivity (Wildman–Crippen MR) is 24.3 cm³/mol. The summed E-state index contributed by atoms with van der Waals surface area (Å²) in [6.45, 7) is 3.05. The average molecular weight is 93.1 g/mol. The molecule has 2 radical (unpaired) electrons. The number of nitrogens with zero attached hydrogens (tertiary/aromatic N) is 2. The van der Waals surface area contributed by atoms with Gasteiger partial charge in [0.2, 0.25) is 0 Å². The molecule has 3 heteroatoms. The molecule has 34 valence electrons. The Hall–Kier alpha value is -0.880. The minimum atomic E-state index is 0.361. The molecule has 0 aromatic heterocycles. The van der Waals surface area contributed by atoms with Crippen LogP contribution < -0.4 is 5.32 Å². The van der Waals surface area contributed by atoms with E-state index in [1.54, 1.807) is 0 Å². The standard InChI is InChI=1S/C4H3N3/c5-1-4-2-6-3-7-4/h6H,3H2. The van der Waals surface area contributed by atoms with E-state index in [4.69, 9.17) is 5.26 Å². The first-order chi connectivity index (χ1) is 3.43. The summed E-state index contributed by atoms with van der Waals surface area (Å²) in [6.07, 6.45) is 0. The lowest BCUT2D eigenvalue weighted by molar-refractivity contribution is 0.906. The highest BCUT2D eigenvalue weighted by Crippen LogP contribution is 1.86. The molecule has 0 unspecified atom stereocenters. The fraction of sp³-hybridized carbons (Fsp3) is 0.250. The van der Waals surface area contributed by atoms with Gasteiger partial charge in [-0.25, -0.2) is 0 Å². The summed E-state index contributed by atoms with van der Waals surface area (Å²) >= 11 is 0. The summed E-state index contributed by atoms with van der Waals surface area (Å²) in [6, 6.07) is 1.84. The van der Waals surface area contributed by atoms with Gasteiger partial charge in [0.05, 0.1) is 6.67 Å². The minimum absolute atomic E-state index is 0.361. The van der Waals surface area contributed by atoms with Gasteiger partial charge in [0.1, 0.15) is 18.3 Å². The van der Waals surface area contributed by atoms with E-state index in [-0.39, 0.29) is 0 Å². The van der Waals surface area contributed by atoms with Gasteiger partial charge in [0, 0.05) is 0 Å². The van der Waals surface area contributed by atoms with E-state index >= 15 is 0 Å². The molecule has 3 nitrogen and oxygen atoms in total. The van der Waals surface area contributed by atoms with Crippen molar-refractivity contribution in [1.82, 2.24) is 5.32 Å². The van der Waals surface area contributed by atoms with Crippen LogP contribution in [0.25, 0.3) is 0 Å². The number of nitriles is 1. The van der Waals surface area contributed by atoms with Gasteiger partial charge >= 0.3 is 0 Å². The van der Waals surface area contributed by atoms with E-state index in [9.17, 15) is 0 Å². The van der Waals surface area contributed by atoms with Gasteiger partial charge < -0.3 is 0 Å². The monoisotopic (exact) mass is 93.0 g/mol. The van der Waals surface area contributed by atoms with Crippen LogP contribution in [0.4, 0.5) is 0 Å². The summed E-state index contributed by atoms with van der Waals surface area (Å²) in [7, 11) is 0. The molecule has 1 N–H and O–H groups in total. The maximum atomic E-state index is 8.08. The van der Waals surface area contributed by atoms with Gasteiger partial charge in [0.25, 0.3) is 0 Å². The molecule has 0 fully saturated rings. The minimum Gasteiger partial charge on any atom is -0.283 e. The Labute approximate surface area is 41.7 Å². The van der Waals surface area contributed by atoms with Crippen molar-refractivity contribution in [2.75, 3.05) is 6.67 Å². The van der Waals surface area contributed by atoms with Crippen molar-refractivity contribution in [2.45, 2.75) is 0 Å². The maximum Gasteiger partial charge on any atom is 0.138 e. The van der Waals surface area contributed by atoms with Crippen molar-refractivity contribution in [2.24, 2.45) is 4.99 Å². The molecule has 1 heterocycles. The molecule has 0 aliphatic carbocycles. The molecule has 0 atom stereocenters. The summed E-state index contributed by atoms with van der Waals surface area (Å²) in [5.74, 6) is 0. The lowest BCUT2D eigenvalue weighted by Crippen LogP contribution is -2.03. The Morgan fingerprint density at radius 1 is 2.00 bits per heavy atom. The van der Waals surface area contributed by atoms with E-state index in [1.165, 1.54) is 0 Å². The molecular formula is C4H3N3. The van der Waals surface area contributed by atoms with Crippen LogP contribution in [-0.2, 0) is 0 Å². The summed E-state index contributed by atoms with van der Waals surface area (Å²) < 4.78 is 0. The third-order valence-corrected chi connectivity index (χ3v) is 0.629. The number of hydrogen-bond acceptors (Lipinski definition) is 3. The highest BCUT2D eigenvalue weighted by atomic mass is 15.1.